The Bertz CT molecular complexity index is 891. The molecule has 116 valence electrons. The Hall–Kier alpha value is -2.95. The Morgan fingerprint density at radius 1 is 1.13 bits per heavy atom. The largest absolute Gasteiger partial charge is 0.496 e. The molecule has 0 amide bonds. The van der Waals surface area contributed by atoms with Gasteiger partial charge in [-0.3, -0.25) is 10.1 Å². The van der Waals surface area contributed by atoms with E-state index < -0.39 is 0 Å². The molecule has 0 N–H and O–H groups in total. The first kappa shape index (κ1) is 15.0. The lowest BCUT2D eigenvalue weighted by molar-refractivity contribution is -0.677. The van der Waals surface area contributed by atoms with Crippen LogP contribution >= 0.6 is 0 Å². The summed E-state index contributed by atoms with van der Waals surface area (Å²) in [6.45, 7) is 0. The van der Waals surface area contributed by atoms with Crippen molar-refractivity contribution in [1.29, 1.82) is 0 Å². The van der Waals surface area contributed by atoms with Crippen LogP contribution in [0.15, 0.2) is 54.7 Å². The van der Waals surface area contributed by atoms with E-state index >= 15 is 0 Å². The summed E-state index contributed by atoms with van der Waals surface area (Å²) in [5, 5.41) is 13.6. The minimum atomic E-state index is -0.358. The molecule has 0 saturated heterocycles. The first-order chi connectivity index (χ1) is 11.1. The first-order valence-electron chi connectivity index (χ1n) is 7.28. The zero-order valence-electron chi connectivity index (χ0n) is 13.0. The van der Waals surface area contributed by atoms with Crippen LogP contribution in [-0.2, 0) is 13.5 Å². The number of ether oxygens (including phenoxy) is 1. The average molecular weight is 309 g/mol. The lowest BCUT2D eigenvalue weighted by atomic mass is 10.0. The average Bonchev–Trinajstić information content (AvgIpc) is 2.57. The van der Waals surface area contributed by atoms with Crippen molar-refractivity contribution < 1.29 is 14.2 Å². The standard InChI is InChI=1S/C18H17N2O3/c1-19-11-10-13-6-3-4-7-14(13)17(19)12-15-16(20(21)22)8-5-9-18(15)23-2/h3-11H,12H2,1-2H3/q+1. The third kappa shape index (κ3) is 2.73. The number of aryl methyl sites for hydroxylation is 1. The lowest BCUT2D eigenvalue weighted by Gasteiger charge is -2.09. The first-order valence-corrected chi connectivity index (χ1v) is 7.28. The smallest absolute Gasteiger partial charge is 0.276 e. The predicted molar refractivity (Wildman–Crippen MR) is 87.6 cm³/mol. The summed E-state index contributed by atoms with van der Waals surface area (Å²) in [5.74, 6) is 0.534. The zero-order chi connectivity index (χ0) is 16.4. The van der Waals surface area contributed by atoms with Gasteiger partial charge in [0, 0.05) is 17.5 Å². The van der Waals surface area contributed by atoms with Gasteiger partial charge in [0.25, 0.3) is 5.69 Å². The Balaban J connectivity index is 2.20. The number of pyridine rings is 1. The predicted octanol–water partition coefficient (Wildman–Crippen LogP) is 3.17. The van der Waals surface area contributed by atoms with Crippen LogP contribution in [0.25, 0.3) is 10.8 Å². The number of fused-ring (bicyclic) bond motifs is 1. The Morgan fingerprint density at radius 3 is 2.65 bits per heavy atom. The Kier molecular flexibility index (Phi) is 3.93. The van der Waals surface area contributed by atoms with Crippen LogP contribution in [0.3, 0.4) is 0 Å². The van der Waals surface area contributed by atoms with E-state index in [1.54, 1.807) is 12.1 Å². The van der Waals surface area contributed by atoms with Crippen LogP contribution < -0.4 is 9.30 Å². The number of nitro groups is 1. The molecule has 0 atom stereocenters. The molecule has 0 aliphatic carbocycles. The van der Waals surface area contributed by atoms with Gasteiger partial charge in [-0.25, -0.2) is 4.57 Å². The van der Waals surface area contributed by atoms with Crippen molar-refractivity contribution >= 4 is 16.5 Å². The molecule has 0 radical (unpaired) electrons. The maximum Gasteiger partial charge on any atom is 0.276 e. The molecule has 5 heteroatoms. The molecule has 1 heterocycles. The number of aromatic nitrogens is 1. The molecule has 23 heavy (non-hydrogen) atoms. The van der Waals surface area contributed by atoms with Crippen molar-refractivity contribution in [1.82, 2.24) is 0 Å². The molecule has 0 aliphatic rings. The maximum atomic E-state index is 11.4. The quantitative estimate of drug-likeness (QED) is 0.422. The van der Waals surface area contributed by atoms with Gasteiger partial charge >= 0.3 is 0 Å². The molecular weight excluding hydrogens is 292 g/mol. The van der Waals surface area contributed by atoms with Gasteiger partial charge < -0.3 is 4.74 Å². The van der Waals surface area contributed by atoms with Crippen molar-refractivity contribution in [3.8, 4) is 5.75 Å². The molecule has 0 bridgehead atoms. The van der Waals surface area contributed by atoms with Gasteiger partial charge in [-0.15, -0.1) is 0 Å². The second-order valence-electron chi connectivity index (χ2n) is 5.35. The lowest BCUT2D eigenvalue weighted by Crippen LogP contribution is -2.33. The topological polar surface area (TPSA) is 56.3 Å². The van der Waals surface area contributed by atoms with E-state index in [0.717, 1.165) is 16.5 Å². The minimum absolute atomic E-state index is 0.0808. The zero-order valence-corrected chi connectivity index (χ0v) is 13.0. The highest BCUT2D eigenvalue weighted by atomic mass is 16.6. The van der Waals surface area contributed by atoms with Gasteiger partial charge in [-0.1, -0.05) is 24.3 Å². The van der Waals surface area contributed by atoms with Crippen molar-refractivity contribution in [3.63, 3.8) is 0 Å². The van der Waals surface area contributed by atoms with Crippen LogP contribution in [0, 0.1) is 10.1 Å². The number of nitro benzene ring substituents is 1. The third-order valence-corrected chi connectivity index (χ3v) is 4.04. The summed E-state index contributed by atoms with van der Waals surface area (Å²) in [5.41, 5.74) is 1.68. The van der Waals surface area contributed by atoms with E-state index in [-0.39, 0.29) is 10.6 Å². The molecule has 0 fully saturated rings. The summed E-state index contributed by atoms with van der Waals surface area (Å²) >= 11 is 0. The molecule has 3 aromatic rings. The highest BCUT2D eigenvalue weighted by molar-refractivity contribution is 5.83. The van der Waals surface area contributed by atoms with Crippen molar-refractivity contribution in [2.24, 2.45) is 7.05 Å². The number of hydrogen-bond donors (Lipinski definition) is 0. The highest BCUT2D eigenvalue weighted by Gasteiger charge is 2.23. The van der Waals surface area contributed by atoms with Crippen molar-refractivity contribution in [3.05, 3.63) is 76.1 Å². The van der Waals surface area contributed by atoms with Crippen molar-refractivity contribution in [2.45, 2.75) is 6.42 Å². The number of methoxy groups -OCH3 is 1. The number of nitrogens with zero attached hydrogens (tertiary/aromatic N) is 2. The normalized spacial score (nSPS) is 10.7. The van der Waals surface area contributed by atoms with Gasteiger partial charge in [-0.2, -0.15) is 0 Å². The van der Waals surface area contributed by atoms with Gasteiger partial charge in [0.05, 0.1) is 24.0 Å². The molecule has 1 aromatic heterocycles. The monoisotopic (exact) mass is 309 g/mol. The fraction of sp³-hybridized carbons (Fsp3) is 0.167. The van der Waals surface area contributed by atoms with Crippen LogP contribution in [0.2, 0.25) is 0 Å². The molecule has 2 aromatic carbocycles. The van der Waals surface area contributed by atoms with Crippen LogP contribution in [0.4, 0.5) is 5.69 Å². The Morgan fingerprint density at radius 2 is 1.91 bits per heavy atom. The van der Waals surface area contributed by atoms with Gasteiger partial charge in [0.1, 0.15) is 12.8 Å². The van der Waals surface area contributed by atoms with E-state index in [4.69, 9.17) is 4.74 Å². The number of benzene rings is 2. The number of hydrogen-bond acceptors (Lipinski definition) is 3. The fourth-order valence-electron chi connectivity index (χ4n) is 2.86. The van der Waals surface area contributed by atoms with E-state index in [2.05, 4.69) is 0 Å². The molecule has 3 rings (SSSR count). The van der Waals surface area contributed by atoms with E-state index in [9.17, 15) is 10.1 Å². The van der Waals surface area contributed by atoms with E-state index in [0.29, 0.717) is 17.7 Å². The van der Waals surface area contributed by atoms with Crippen LogP contribution in [0.5, 0.6) is 5.75 Å². The van der Waals surface area contributed by atoms with Crippen LogP contribution in [-0.4, -0.2) is 12.0 Å². The fourth-order valence-corrected chi connectivity index (χ4v) is 2.86. The maximum absolute atomic E-state index is 11.4. The third-order valence-electron chi connectivity index (χ3n) is 4.04. The molecule has 0 spiro atoms. The second kappa shape index (κ2) is 6.04. The number of rotatable bonds is 4. The van der Waals surface area contributed by atoms with E-state index in [1.165, 1.54) is 13.2 Å². The second-order valence-corrected chi connectivity index (χ2v) is 5.35. The van der Waals surface area contributed by atoms with Crippen LogP contribution in [0.1, 0.15) is 11.3 Å². The van der Waals surface area contributed by atoms with Gasteiger partial charge in [-0.05, 0) is 17.5 Å². The van der Waals surface area contributed by atoms with E-state index in [1.807, 2.05) is 48.1 Å². The summed E-state index contributed by atoms with van der Waals surface area (Å²) in [7, 11) is 3.48. The molecule has 0 aliphatic heterocycles. The molecule has 0 saturated carbocycles. The molecule has 5 nitrogen and oxygen atoms in total. The highest BCUT2D eigenvalue weighted by Crippen LogP contribution is 2.31. The minimum Gasteiger partial charge on any atom is -0.496 e. The summed E-state index contributed by atoms with van der Waals surface area (Å²) in [6.07, 6.45) is 2.40. The summed E-state index contributed by atoms with van der Waals surface area (Å²) in [6, 6.07) is 15.0. The van der Waals surface area contributed by atoms with Gasteiger partial charge in [0.15, 0.2) is 11.9 Å². The molecular formula is C18H17N2O3+. The van der Waals surface area contributed by atoms with Gasteiger partial charge in [0.2, 0.25) is 0 Å². The summed E-state index contributed by atoms with van der Waals surface area (Å²) in [4.78, 5) is 11.0. The Labute approximate surface area is 133 Å². The molecule has 0 unspecified atom stereocenters. The summed E-state index contributed by atoms with van der Waals surface area (Å²) < 4.78 is 7.35. The SMILES string of the molecule is COc1cccc([N+](=O)[O-])c1Cc1c2ccccc2cc[n+]1C. The van der Waals surface area contributed by atoms with Crippen molar-refractivity contribution in [2.75, 3.05) is 7.11 Å².